The lowest BCUT2D eigenvalue weighted by atomic mass is 9.93. The summed E-state index contributed by atoms with van der Waals surface area (Å²) < 4.78 is 7.16. The van der Waals surface area contributed by atoms with E-state index in [0.29, 0.717) is 12.6 Å². The van der Waals surface area contributed by atoms with Crippen LogP contribution in [0.3, 0.4) is 0 Å². The predicted octanol–water partition coefficient (Wildman–Crippen LogP) is 3.69. The summed E-state index contributed by atoms with van der Waals surface area (Å²) in [6.45, 7) is 7.24. The Morgan fingerprint density at radius 2 is 2.14 bits per heavy atom. The summed E-state index contributed by atoms with van der Waals surface area (Å²) in [5.41, 5.74) is 3.67. The number of aryl methyl sites for hydroxylation is 2. The topological polar surface area (TPSA) is 56.1 Å². The van der Waals surface area contributed by atoms with Crippen LogP contribution in [0.4, 0.5) is 0 Å². The SMILES string of the molecule is CCOCCCN[C@@H]1CCc2c(sc3ncn(Cc4ccc(C)cc4)c(=O)c23)C1. The number of nitrogens with zero attached hydrogens (tertiary/aromatic N) is 2. The molecule has 0 spiro atoms. The number of thiophene rings is 1. The Morgan fingerprint density at radius 1 is 1.31 bits per heavy atom. The van der Waals surface area contributed by atoms with Crippen molar-refractivity contribution in [3.05, 3.63) is 62.5 Å². The normalized spacial score (nSPS) is 16.3. The average Bonchev–Trinajstić information content (AvgIpc) is 3.10. The molecule has 0 fully saturated rings. The lowest BCUT2D eigenvalue weighted by Gasteiger charge is -2.23. The molecule has 0 aliphatic heterocycles. The van der Waals surface area contributed by atoms with Gasteiger partial charge >= 0.3 is 0 Å². The molecule has 6 heteroatoms. The number of aromatic nitrogens is 2. The first-order valence-electron chi connectivity index (χ1n) is 10.5. The fourth-order valence-electron chi connectivity index (χ4n) is 4.00. The Morgan fingerprint density at radius 3 is 2.93 bits per heavy atom. The van der Waals surface area contributed by atoms with Gasteiger partial charge in [-0.05, 0) is 57.2 Å². The minimum Gasteiger partial charge on any atom is -0.382 e. The predicted molar refractivity (Wildman–Crippen MR) is 119 cm³/mol. The number of hydrogen-bond acceptors (Lipinski definition) is 5. The van der Waals surface area contributed by atoms with E-state index in [1.54, 1.807) is 22.2 Å². The summed E-state index contributed by atoms with van der Waals surface area (Å²) in [7, 11) is 0. The summed E-state index contributed by atoms with van der Waals surface area (Å²) in [5.74, 6) is 0. The molecule has 0 bridgehead atoms. The minimum absolute atomic E-state index is 0.0937. The van der Waals surface area contributed by atoms with Gasteiger partial charge in [-0.25, -0.2) is 4.98 Å². The van der Waals surface area contributed by atoms with Gasteiger partial charge < -0.3 is 10.1 Å². The van der Waals surface area contributed by atoms with Gasteiger partial charge in [0.2, 0.25) is 0 Å². The van der Waals surface area contributed by atoms with E-state index in [-0.39, 0.29) is 5.56 Å². The molecule has 29 heavy (non-hydrogen) atoms. The molecule has 4 rings (SSSR count). The molecular formula is C23H29N3O2S. The van der Waals surface area contributed by atoms with Gasteiger partial charge in [-0.15, -0.1) is 11.3 Å². The molecule has 1 aliphatic carbocycles. The second kappa shape index (κ2) is 9.20. The molecular weight excluding hydrogens is 382 g/mol. The zero-order chi connectivity index (χ0) is 20.2. The summed E-state index contributed by atoms with van der Waals surface area (Å²) >= 11 is 1.69. The van der Waals surface area contributed by atoms with Crippen LogP contribution >= 0.6 is 11.3 Å². The quantitative estimate of drug-likeness (QED) is 0.575. The van der Waals surface area contributed by atoms with Crippen LogP contribution in [0.5, 0.6) is 0 Å². The van der Waals surface area contributed by atoms with Crippen molar-refractivity contribution in [3.63, 3.8) is 0 Å². The first-order chi connectivity index (χ1) is 14.2. The highest BCUT2D eigenvalue weighted by Gasteiger charge is 2.25. The zero-order valence-electron chi connectivity index (χ0n) is 17.2. The van der Waals surface area contributed by atoms with E-state index in [1.807, 2.05) is 6.92 Å². The molecule has 154 valence electrons. The summed E-state index contributed by atoms with van der Waals surface area (Å²) in [4.78, 5) is 20.0. The second-order valence-corrected chi connectivity index (χ2v) is 8.88. The van der Waals surface area contributed by atoms with E-state index in [4.69, 9.17) is 4.74 Å². The van der Waals surface area contributed by atoms with Gasteiger partial charge in [0.15, 0.2) is 0 Å². The smallest absolute Gasteiger partial charge is 0.262 e. The van der Waals surface area contributed by atoms with Crippen LogP contribution < -0.4 is 10.9 Å². The van der Waals surface area contributed by atoms with Crippen LogP contribution in [0.1, 0.15) is 41.3 Å². The number of hydrogen-bond donors (Lipinski definition) is 1. The van der Waals surface area contributed by atoms with Crippen LogP contribution in [-0.2, 0) is 24.1 Å². The van der Waals surface area contributed by atoms with Gasteiger partial charge in [-0.3, -0.25) is 9.36 Å². The monoisotopic (exact) mass is 411 g/mol. The van der Waals surface area contributed by atoms with E-state index in [9.17, 15) is 4.79 Å². The molecule has 5 nitrogen and oxygen atoms in total. The third kappa shape index (κ3) is 4.60. The van der Waals surface area contributed by atoms with Crippen molar-refractivity contribution in [3.8, 4) is 0 Å². The third-order valence-corrected chi connectivity index (χ3v) is 6.77. The minimum atomic E-state index is 0.0937. The fraction of sp³-hybridized carbons (Fsp3) is 0.478. The Balaban J connectivity index is 1.50. The lowest BCUT2D eigenvalue weighted by molar-refractivity contribution is 0.144. The van der Waals surface area contributed by atoms with E-state index >= 15 is 0 Å². The molecule has 1 atom stereocenters. The first-order valence-corrected chi connectivity index (χ1v) is 11.3. The van der Waals surface area contributed by atoms with Crippen LogP contribution in [-0.4, -0.2) is 35.4 Å². The maximum Gasteiger partial charge on any atom is 0.262 e. The van der Waals surface area contributed by atoms with E-state index in [2.05, 4.69) is 41.5 Å². The highest BCUT2D eigenvalue weighted by molar-refractivity contribution is 7.18. The van der Waals surface area contributed by atoms with Gasteiger partial charge in [-0.2, -0.15) is 0 Å². The van der Waals surface area contributed by atoms with Crippen molar-refractivity contribution in [2.24, 2.45) is 0 Å². The van der Waals surface area contributed by atoms with Crippen LogP contribution in [0, 0.1) is 6.92 Å². The Labute approximate surface area is 175 Å². The maximum absolute atomic E-state index is 13.2. The lowest BCUT2D eigenvalue weighted by Crippen LogP contribution is -2.35. The first kappa shape index (κ1) is 20.3. The standard InChI is InChI=1S/C23H29N3O2S/c1-3-28-12-4-11-24-18-9-10-19-20(13-18)29-22-21(19)23(27)26(15-25-22)14-17-7-5-16(2)6-8-17/h5-8,15,18,24H,3-4,9-14H2,1-2H3/t18-/m1/s1. The van der Waals surface area contributed by atoms with Crippen molar-refractivity contribution in [2.45, 2.75) is 52.1 Å². The van der Waals surface area contributed by atoms with Crippen molar-refractivity contribution >= 4 is 21.6 Å². The Kier molecular flexibility index (Phi) is 6.43. The third-order valence-electron chi connectivity index (χ3n) is 5.61. The van der Waals surface area contributed by atoms with E-state index in [1.165, 1.54) is 16.0 Å². The van der Waals surface area contributed by atoms with Gasteiger partial charge in [0, 0.05) is 24.1 Å². The molecule has 0 amide bonds. The van der Waals surface area contributed by atoms with Gasteiger partial charge in [0.1, 0.15) is 4.83 Å². The Hall–Kier alpha value is -2.02. The molecule has 2 aromatic heterocycles. The van der Waals surface area contributed by atoms with Crippen molar-refractivity contribution in [2.75, 3.05) is 19.8 Å². The molecule has 0 saturated heterocycles. The van der Waals surface area contributed by atoms with Crippen LogP contribution in [0.25, 0.3) is 10.2 Å². The average molecular weight is 412 g/mol. The fourth-order valence-corrected chi connectivity index (χ4v) is 5.26. The van der Waals surface area contributed by atoms with Crippen LogP contribution in [0.2, 0.25) is 0 Å². The van der Waals surface area contributed by atoms with Crippen LogP contribution in [0.15, 0.2) is 35.4 Å². The zero-order valence-corrected chi connectivity index (χ0v) is 18.1. The summed E-state index contributed by atoms with van der Waals surface area (Å²) in [6, 6.07) is 8.81. The molecule has 1 aromatic carbocycles. The largest absolute Gasteiger partial charge is 0.382 e. The van der Waals surface area contributed by atoms with Crippen molar-refractivity contribution < 1.29 is 4.74 Å². The molecule has 0 unspecified atom stereocenters. The number of benzene rings is 1. The van der Waals surface area contributed by atoms with Gasteiger partial charge in [0.25, 0.3) is 5.56 Å². The van der Waals surface area contributed by atoms with Gasteiger partial charge in [-0.1, -0.05) is 29.8 Å². The summed E-state index contributed by atoms with van der Waals surface area (Å²) in [6.07, 6.45) is 5.75. The van der Waals surface area contributed by atoms with Crippen molar-refractivity contribution in [1.29, 1.82) is 0 Å². The maximum atomic E-state index is 13.2. The molecule has 3 aromatic rings. The molecule has 1 aliphatic rings. The highest BCUT2D eigenvalue weighted by atomic mass is 32.1. The number of ether oxygens (including phenoxy) is 1. The molecule has 0 saturated carbocycles. The van der Waals surface area contributed by atoms with Crippen molar-refractivity contribution in [1.82, 2.24) is 14.9 Å². The molecule has 1 N–H and O–H groups in total. The summed E-state index contributed by atoms with van der Waals surface area (Å²) in [5, 5.41) is 4.49. The second-order valence-electron chi connectivity index (χ2n) is 7.79. The number of fused-ring (bicyclic) bond motifs is 3. The molecule has 2 heterocycles. The highest BCUT2D eigenvalue weighted by Crippen LogP contribution is 2.33. The van der Waals surface area contributed by atoms with E-state index in [0.717, 1.165) is 61.2 Å². The number of rotatable bonds is 8. The van der Waals surface area contributed by atoms with Gasteiger partial charge in [0.05, 0.1) is 18.3 Å². The number of nitrogens with one attached hydrogen (secondary N) is 1. The van der Waals surface area contributed by atoms with E-state index < -0.39 is 0 Å². The molecule has 0 radical (unpaired) electrons. The Bertz CT molecular complexity index is 1020.